The maximum absolute atomic E-state index is 10.6. The molecule has 74 valence electrons. The van der Waals surface area contributed by atoms with Gasteiger partial charge < -0.3 is 9.90 Å². The lowest BCUT2D eigenvalue weighted by molar-refractivity contribution is -0.110. The number of aldehydes is 1. The van der Waals surface area contributed by atoms with Gasteiger partial charge in [-0.1, -0.05) is 19.1 Å². The van der Waals surface area contributed by atoms with Crippen LogP contribution in [0.5, 0.6) is 0 Å². The van der Waals surface area contributed by atoms with Gasteiger partial charge in [0.2, 0.25) is 0 Å². The molecule has 1 unspecified atom stereocenters. The average Bonchev–Trinajstić information content (AvgIpc) is 2.18. The van der Waals surface area contributed by atoms with Crippen molar-refractivity contribution in [1.29, 1.82) is 0 Å². The number of rotatable bonds is 4. The number of carboxylic acids is 1. The Balaban J connectivity index is 2.83. The molecule has 0 aliphatic carbocycles. The van der Waals surface area contributed by atoms with Gasteiger partial charge in [-0.05, 0) is 24.1 Å². The number of carbonyl (C=O) groups excluding carboxylic acids is 1. The van der Waals surface area contributed by atoms with E-state index < -0.39 is 5.97 Å². The number of carboxylic acid groups (broad SMARTS) is 1. The molecule has 1 aromatic rings. The summed E-state index contributed by atoms with van der Waals surface area (Å²) in [4.78, 5) is 21.1. The van der Waals surface area contributed by atoms with E-state index in [2.05, 4.69) is 0 Å². The minimum atomic E-state index is -0.939. The van der Waals surface area contributed by atoms with Gasteiger partial charge in [0.25, 0.3) is 0 Å². The SMILES string of the molecule is CC(C=O)Cc1cccc(C(=O)O)c1. The van der Waals surface area contributed by atoms with E-state index in [0.29, 0.717) is 6.42 Å². The maximum atomic E-state index is 10.6. The van der Waals surface area contributed by atoms with Crippen LogP contribution in [0, 0.1) is 5.92 Å². The van der Waals surface area contributed by atoms with Crippen molar-refractivity contribution in [2.24, 2.45) is 5.92 Å². The molecule has 3 heteroatoms. The number of aromatic carboxylic acids is 1. The third-order valence-electron chi connectivity index (χ3n) is 1.96. The van der Waals surface area contributed by atoms with Crippen LogP contribution in [0.4, 0.5) is 0 Å². The number of hydrogen-bond donors (Lipinski definition) is 1. The average molecular weight is 192 g/mol. The third-order valence-corrected chi connectivity index (χ3v) is 1.96. The lowest BCUT2D eigenvalue weighted by Gasteiger charge is -2.04. The van der Waals surface area contributed by atoms with E-state index >= 15 is 0 Å². The first-order valence-corrected chi connectivity index (χ1v) is 4.41. The van der Waals surface area contributed by atoms with Crippen molar-refractivity contribution in [2.75, 3.05) is 0 Å². The van der Waals surface area contributed by atoms with E-state index in [1.165, 1.54) is 6.07 Å². The summed E-state index contributed by atoms with van der Waals surface area (Å²) in [5.74, 6) is -1.01. The van der Waals surface area contributed by atoms with Crippen molar-refractivity contribution in [3.63, 3.8) is 0 Å². The molecule has 1 N–H and O–H groups in total. The van der Waals surface area contributed by atoms with Gasteiger partial charge in [0.15, 0.2) is 0 Å². The van der Waals surface area contributed by atoms with Crippen LogP contribution in [-0.2, 0) is 11.2 Å². The zero-order chi connectivity index (χ0) is 10.6. The molecule has 1 rings (SSSR count). The van der Waals surface area contributed by atoms with Gasteiger partial charge in [-0.15, -0.1) is 0 Å². The van der Waals surface area contributed by atoms with Gasteiger partial charge in [-0.3, -0.25) is 0 Å². The monoisotopic (exact) mass is 192 g/mol. The van der Waals surface area contributed by atoms with Crippen LogP contribution in [0.15, 0.2) is 24.3 Å². The second-order valence-corrected chi connectivity index (χ2v) is 3.32. The normalized spacial score (nSPS) is 12.1. The quantitative estimate of drug-likeness (QED) is 0.739. The summed E-state index contributed by atoms with van der Waals surface area (Å²) in [6, 6.07) is 6.66. The summed E-state index contributed by atoms with van der Waals surface area (Å²) in [7, 11) is 0. The molecule has 0 aliphatic heterocycles. The van der Waals surface area contributed by atoms with Crippen LogP contribution in [0.3, 0.4) is 0 Å². The number of carbonyl (C=O) groups is 2. The standard InChI is InChI=1S/C11H12O3/c1-8(7-12)5-9-3-2-4-10(6-9)11(13)14/h2-4,6-8H,5H2,1H3,(H,13,14). The Labute approximate surface area is 82.4 Å². The maximum Gasteiger partial charge on any atom is 0.335 e. The van der Waals surface area contributed by atoms with Gasteiger partial charge in [-0.2, -0.15) is 0 Å². The molecule has 0 saturated heterocycles. The lowest BCUT2D eigenvalue weighted by Crippen LogP contribution is -2.02. The van der Waals surface area contributed by atoms with Crippen molar-refractivity contribution in [3.05, 3.63) is 35.4 Å². The zero-order valence-electron chi connectivity index (χ0n) is 7.93. The molecule has 0 fully saturated rings. The van der Waals surface area contributed by atoms with Gasteiger partial charge in [-0.25, -0.2) is 4.79 Å². The zero-order valence-corrected chi connectivity index (χ0v) is 7.93. The smallest absolute Gasteiger partial charge is 0.335 e. The Hall–Kier alpha value is -1.64. The van der Waals surface area contributed by atoms with Crippen LogP contribution in [0.25, 0.3) is 0 Å². The highest BCUT2D eigenvalue weighted by Gasteiger charge is 2.05. The van der Waals surface area contributed by atoms with Crippen LogP contribution < -0.4 is 0 Å². The lowest BCUT2D eigenvalue weighted by atomic mass is 10.0. The highest BCUT2D eigenvalue weighted by atomic mass is 16.4. The molecule has 0 saturated carbocycles. The fourth-order valence-corrected chi connectivity index (χ4v) is 1.25. The van der Waals surface area contributed by atoms with E-state index in [9.17, 15) is 9.59 Å². The first-order valence-electron chi connectivity index (χ1n) is 4.41. The summed E-state index contributed by atoms with van der Waals surface area (Å²) in [5, 5.41) is 8.73. The fourth-order valence-electron chi connectivity index (χ4n) is 1.25. The molecule has 0 bridgehead atoms. The Morgan fingerprint density at radius 1 is 1.57 bits per heavy atom. The second-order valence-electron chi connectivity index (χ2n) is 3.32. The minimum Gasteiger partial charge on any atom is -0.478 e. The predicted molar refractivity (Wildman–Crippen MR) is 52.3 cm³/mol. The molecule has 0 heterocycles. The van der Waals surface area contributed by atoms with Crippen molar-refractivity contribution < 1.29 is 14.7 Å². The van der Waals surface area contributed by atoms with Crippen LogP contribution in [0.2, 0.25) is 0 Å². The van der Waals surface area contributed by atoms with E-state index in [1.54, 1.807) is 19.1 Å². The van der Waals surface area contributed by atoms with Crippen molar-refractivity contribution in [3.8, 4) is 0 Å². The fraction of sp³-hybridized carbons (Fsp3) is 0.273. The van der Waals surface area contributed by atoms with Crippen LogP contribution in [0.1, 0.15) is 22.8 Å². The van der Waals surface area contributed by atoms with Gasteiger partial charge in [0.05, 0.1) is 5.56 Å². The van der Waals surface area contributed by atoms with Gasteiger partial charge in [0, 0.05) is 5.92 Å². The van der Waals surface area contributed by atoms with Gasteiger partial charge in [0.1, 0.15) is 6.29 Å². The van der Waals surface area contributed by atoms with Crippen molar-refractivity contribution in [2.45, 2.75) is 13.3 Å². The molecular weight excluding hydrogens is 180 g/mol. The van der Waals surface area contributed by atoms with Crippen molar-refractivity contribution >= 4 is 12.3 Å². The Kier molecular flexibility index (Phi) is 3.40. The molecule has 3 nitrogen and oxygen atoms in total. The van der Waals surface area contributed by atoms with E-state index in [4.69, 9.17) is 5.11 Å². The van der Waals surface area contributed by atoms with Crippen LogP contribution >= 0.6 is 0 Å². The molecule has 0 spiro atoms. The molecule has 14 heavy (non-hydrogen) atoms. The molecule has 1 aromatic carbocycles. The third kappa shape index (κ3) is 2.69. The summed E-state index contributed by atoms with van der Waals surface area (Å²) < 4.78 is 0. The minimum absolute atomic E-state index is 0.0703. The molecular formula is C11H12O3. The van der Waals surface area contributed by atoms with Crippen molar-refractivity contribution in [1.82, 2.24) is 0 Å². The molecule has 0 radical (unpaired) electrons. The predicted octanol–water partition coefficient (Wildman–Crippen LogP) is 1.76. The highest BCUT2D eigenvalue weighted by molar-refractivity contribution is 5.87. The highest BCUT2D eigenvalue weighted by Crippen LogP contribution is 2.09. The number of benzene rings is 1. The van der Waals surface area contributed by atoms with E-state index in [0.717, 1.165) is 11.8 Å². The molecule has 1 atom stereocenters. The molecule has 0 aliphatic rings. The van der Waals surface area contributed by atoms with E-state index in [-0.39, 0.29) is 11.5 Å². The summed E-state index contributed by atoms with van der Waals surface area (Å²) in [6.07, 6.45) is 1.46. The Bertz CT molecular complexity index is 344. The summed E-state index contributed by atoms with van der Waals surface area (Å²) >= 11 is 0. The topological polar surface area (TPSA) is 54.4 Å². The van der Waals surface area contributed by atoms with E-state index in [1.807, 2.05) is 6.07 Å². The van der Waals surface area contributed by atoms with Crippen LogP contribution in [-0.4, -0.2) is 17.4 Å². The summed E-state index contributed by atoms with van der Waals surface area (Å²) in [6.45, 7) is 1.81. The Morgan fingerprint density at radius 3 is 2.86 bits per heavy atom. The summed E-state index contributed by atoms with van der Waals surface area (Å²) in [5.41, 5.74) is 1.14. The first-order chi connectivity index (χ1) is 6.63. The molecule has 0 aromatic heterocycles. The Morgan fingerprint density at radius 2 is 2.29 bits per heavy atom. The first kappa shape index (κ1) is 10.4. The molecule has 0 amide bonds. The largest absolute Gasteiger partial charge is 0.478 e. The second kappa shape index (κ2) is 4.56. The number of hydrogen-bond acceptors (Lipinski definition) is 2. The van der Waals surface area contributed by atoms with Gasteiger partial charge >= 0.3 is 5.97 Å².